The van der Waals surface area contributed by atoms with E-state index in [1.165, 1.54) is 6.07 Å². The lowest BCUT2D eigenvalue weighted by Gasteiger charge is -2.20. The zero-order valence-electron chi connectivity index (χ0n) is 14.8. The predicted molar refractivity (Wildman–Crippen MR) is 109 cm³/mol. The van der Waals surface area contributed by atoms with Crippen molar-refractivity contribution in [2.24, 2.45) is 10.9 Å². The van der Waals surface area contributed by atoms with Gasteiger partial charge in [-0.15, -0.1) is 24.0 Å². The van der Waals surface area contributed by atoms with E-state index in [2.05, 4.69) is 41.4 Å². The smallest absolute Gasteiger partial charge is 0.191 e. The van der Waals surface area contributed by atoms with Gasteiger partial charge in [0, 0.05) is 38.4 Å². The first-order valence-corrected chi connectivity index (χ1v) is 8.50. The second-order valence-corrected chi connectivity index (χ2v) is 6.33. The highest BCUT2D eigenvalue weighted by Crippen LogP contribution is 2.20. The molecule has 2 rings (SSSR count). The molecule has 1 aromatic rings. The third kappa shape index (κ3) is 6.41. The molecule has 7 heteroatoms. The number of nitrogens with zero attached hydrogens (tertiary/aromatic N) is 3. The summed E-state index contributed by atoms with van der Waals surface area (Å²) >= 11 is 0. The van der Waals surface area contributed by atoms with Gasteiger partial charge in [0.15, 0.2) is 17.6 Å². The third-order valence-electron chi connectivity index (χ3n) is 3.89. The van der Waals surface area contributed by atoms with Crippen molar-refractivity contribution in [1.82, 2.24) is 15.6 Å². The minimum Gasteiger partial charge on any atom is -0.357 e. The van der Waals surface area contributed by atoms with E-state index in [9.17, 15) is 4.39 Å². The molecule has 0 radical (unpaired) electrons. The number of halogens is 2. The fourth-order valence-electron chi connectivity index (χ4n) is 2.63. The van der Waals surface area contributed by atoms with E-state index >= 15 is 0 Å². The zero-order chi connectivity index (χ0) is 16.7. The number of guanidine groups is 1. The summed E-state index contributed by atoms with van der Waals surface area (Å²) in [4.78, 5) is 10.8. The van der Waals surface area contributed by atoms with Crippen LogP contribution in [0, 0.1) is 11.7 Å². The van der Waals surface area contributed by atoms with Crippen LogP contribution in [0.5, 0.6) is 0 Å². The highest BCUT2D eigenvalue weighted by atomic mass is 127. The van der Waals surface area contributed by atoms with E-state index in [0.29, 0.717) is 11.7 Å². The highest BCUT2D eigenvalue weighted by Gasteiger charge is 2.25. The van der Waals surface area contributed by atoms with Gasteiger partial charge in [0.1, 0.15) is 0 Å². The number of rotatable bonds is 6. The van der Waals surface area contributed by atoms with E-state index in [1.54, 1.807) is 12.3 Å². The van der Waals surface area contributed by atoms with Crippen molar-refractivity contribution in [1.29, 1.82) is 0 Å². The maximum Gasteiger partial charge on any atom is 0.191 e. The molecule has 0 spiro atoms. The van der Waals surface area contributed by atoms with E-state index < -0.39 is 0 Å². The minimum absolute atomic E-state index is 0. The van der Waals surface area contributed by atoms with Gasteiger partial charge in [-0.05, 0) is 37.8 Å². The minimum atomic E-state index is -0.259. The fourth-order valence-corrected chi connectivity index (χ4v) is 2.63. The van der Waals surface area contributed by atoms with E-state index in [0.717, 1.165) is 45.0 Å². The Hall–Kier alpha value is -1.12. The summed E-state index contributed by atoms with van der Waals surface area (Å²) in [6, 6.07) is 3.34. The maximum absolute atomic E-state index is 13.8. The number of hydrogen-bond donors (Lipinski definition) is 2. The molecule has 0 bridgehead atoms. The monoisotopic (exact) mass is 449 g/mol. The van der Waals surface area contributed by atoms with Gasteiger partial charge in [0.05, 0.1) is 0 Å². The standard InChI is InChI=1S/C17H28FN5.HI/c1-4-19-17(21-10-7-13(2)3)22-14-8-11-23(12-14)16-15(18)6-5-9-20-16;/h5-6,9,13-14H,4,7-8,10-12H2,1-3H3,(H2,19,21,22);1H. The highest BCUT2D eigenvalue weighted by molar-refractivity contribution is 14.0. The molecule has 0 amide bonds. The number of pyridine rings is 1. The molecule has 24 heavy (non-hydrogen) atoms. The summed E-state index contributed by atoms with van der Waals surface area (Å²) in [5.41, 5.74) is 0. The summed E-state index contributed by atoms with van der Waals surface area (Å²) in [6.07, 6.45) is 3.66. The molecule has 5 nitrogen and oxygen atoms in total. The van der Waals surface area contributed by atoms with Crippen molar-refractivity contribution >= 4 is 35.8 Å². The van der Waals surface area contributed by atoms with E-state index in [4.69, 9.17) is 0 Å². The van der Waals surface area contributed by atoms with E-state index in [1.807, 2.05) is 4.90 Å². The number of anilines is 1. The molecule has 136 valence electrons. The Morgan fingerprint density at radius 1 is 1.50 bits per heavy atom. The van der Waals surface area contributed by atoms with Crippen LogP contribution in [0.15, 0.2) is 23.3 Å². The Balaban J connectivity index is 0.00000288. The Morgan fingerprint density at radius 2 is 2.29 bits per heavy atom. The first kappa shape index (κ1) is 20.9. The molecule has 2 heterocycles. The van der Waals surface area contributed by atoms with Crippen LogP contribution in [-0.2, 0) is 0 Å². The lowest BCUT2D eigenvalue weighted by atomic mass is 10.1. The summed E-state index contributed by atoms with van der Waals surface area (Å²) in [7, 11) is 0. The van der Waals surface area contributed by atoms with Crippen molar-refractivity contribution in [3.05, 3.63) is 24.1 Å². The molecular weight excluding hydrogens is 420 g/mol. The van der Waals surface area contributed by atoms with Gasteiger partial charge >= 0.3 is 0 Å². The van der Waals surface area contributed by atoms with Crippen LogP contribution in [0.25, 0.3) is 0 Å². The molecule has 0 aromatic carbocycles. The molecule has 1 saturated heterocycles. The first-order chi connectivity index (χ1) is 11.1. The van der Waals surface area contributed by atoms with Crippen LogP contribution in [0.2, 0.25) is 0 Å². The van der Waals surface area contributed by atoms with E-state index in [-0.39, 0.29) is 35.8 Å². The van der Waals surface area contributed by atoms with Gasteiger partial charge in [-0.2, -0.15) is 0 Å². The summed E-state index contributed by atoms with van der Waals surface area (Å²) in [5.74, 6) is 1.68. The lowest BCUT2D eigenvalue weighted by Crippen LogP contribution is -2.44. The Labute approximate surface area is 161 Å². The van der Waals surface area contributed by atoms with Gasteiger partial charge in [-0.1, -0.05) is 13.8 Å². The molecule has 1 aliphatic rings. The van der Waals surface area contributed by atoms with Crippen LogP contribution in [0.1, 0.15) is 33.6 Å². The van der Waals surface area contributed by atoms with Gasteiger partial charge in [0.2, 0.25) is 0 Å². The van der Waals surface area contributed by atoms with Crippen molar-refractivity contribution in [2.45, 2.75) is 39.7 Å². The Morgan fingerprint density at radius 3 is 2.96 bits per heavy atom. The van der Waals surface area contributed by atoms with Crippen molar-refractivity contribution in [3.63, 3.8) is 0 Å². The molecule has 0 aliphatic carbocycles. The van der Waals surface area contributed by atoms with Gasteiger partial charge in [-0.3, -0.25) is 4.99 Å². The summed E-state index contributed by atoms with van der Waals surface area (Å²) in [5, 5.41) is 6.74. The number of aliphatic imine (C=N–C) groups is 1. The molecule has 1 aliphatic heterocycles. The molecule has 0 saturated carbocycles. The molecular formula is C17H29FIN5. The van der Waals surface area contributed by atoms with Crippen LogP contribution in [-0.4, -0.2) is 43.2 Å². The molecule has 2 N–H and O–H groups in total. The van der Waals surface area contributed by atoms with Crippen LogP contribution < -0.4 is 15.5 Å². The van der Waals surface area contributed by atoms with Crippen molar-refractivity contribution in [3.8, 4) is 0 Å². The van der Waals surface area contributed by atoms with Crippen LogP contribution in [0.3, 0.4) is 0 Å². The van der Waals surface area contributed by atoms with Gasteiger partial charge in [-0.25, -0.2) is 9.37 Å². The first-order valence-electron chi connectivity index (χ1n) is 8.50. The van der Waals surface area contributed by atoms with Crippen LogP contribution in [0.4, 0.5) is 10.2 Å². The normalized spacial score (nSPS) is 17.8. The predicted octanol–water partition coefficient (Wildman–Crippen LogP) is 3.02. The largest absolute Gasteiger partial charge is 0.357 e. The lowest BCUT2D eigenvalue weighted by molar-refractivity contribution is 0.589. The topological polar surface area (TPSA) is 52.6 Å². The SMILES string of the molecule is CCNC(=NCCC(C)C)NC1CCN(c2ncccc2F)C1.I. The van der Waals surface area contributed by atoms with Crippen molar-refractivity contribution in [2.75, 3.05) is 31.1 Å². The summed E-state index contributed by atoms with van der Waals surface area (Å²) < 4.78 is 13.8. The Kier molecular flexibility index (Phi) is 9.31. The number of nitrogens with one attached hydrogen (secondary N) is 2. The van der Waals surface area contributed by atoms with Crippen molar-refractivity contribution < 1.29 is 4.39 Å². The van der Waals surface area contributed by atoms with Crippen LogP contribution >= 0.6 is 24.0 Å². The average molecular weight is 449 g/mol. The van der Waals surface area contributed by atoms with Gasteiger partial charge in [0.25, 0.3) is 0 Å². The Bertz CT molecular complexity index is 523. The second kappa shape index (κ2) is 10.7. The fraction of sp³-hybridized carbons (Fsp3) is 0.647. The average Bonchev–Trinajstić information content (AvgIpc) is 2.96. The van der Waals surface area contributed by atoms with Gasteiger partial charge < -0.3 is 15.5 Å². The summed E-state index contributed by atoms with van der Waals surface area (Å²) in [6.45, 7) is 9.65. The molecule has 1 fully saturated rings. The molecule has 1 unspecified atom stereocenters. The quantitative estimate of drug-likeness (QED) is 0.399. The number of hydrogen-bond acceptors (Lipinski definition) is 3. The number of aromatic nitrogens is 1. The third-order valence-corrected chi connectivity index (χ3v) is 3.89. The molecule has 1 aromatic heterocycles. The second-order valence-electron chi connectivity index (χ2n) is 6.33. The maximum atomic E-state index is 13.8. The zero-order valence-corrected chi connectivity index (χ0v) is 17.1. The molecule has 1 atom stereocenters.